The third kappa shape index (κ3) is 3.68. The number of thiazole rings is 1. The largest absolute Gasteiger partial charge is 0.481 e. The predicted molar refractivity (Wildman–Crippen MR) is 78.6 cm³/mol. The highest BCUT2D eigenvalue weighted by atomic mass is 79.9. The third-order valence-electron chi connectivity index (χ3n) is 2.25. The monoisotopic (exact) mass is 375 g/mol. The molecular formula is C11H10BrN3O3S2. The van der Waals surface area contributed by atoms with Crippen LogP contribution in [0.5, 0.6) is 5.88 Å². The Kier molecular flexibility index (Phi) is 4.95. The summed E-state index contributed by atoms with van der Waals surface area (Å²) in [4.78, 5) is 24.2. The van der Waals surface area contributed by atoms with Gasteiger partial charge in [-0.3, -0.25) is 4.79 Å². The molecule has 0 radical (unpaired) electrons. The Morgan fingerprint density at radius 3 is 2.95 bits per heavy atom. The van der Waals surface area contributed by atoms with E-state index in [4.69, 9.17) is 9.84 Å². The van der Waals surface area contributed by atoms with Crippen LogP contribution in [0.2, 0.25) is 0 Å². The topological polar surface area (TPSA) is 85.2 Å². The highest BCUT2D eigenvalue weighted by Gasteiger charge is 2.14. The molecule has 0 amide bonds. The molecule has 0 unspecified atom stereocenters. The molecule has 0 spiro atoms. The molecule has 106 valence electrons. The Hall–Kier alpha value is -1.19. The number of rotatable bonds is 5. The van der Waals surface area contributed by atoms with Crippen LogP contribution in [0.1, 0.15) is 10.6 Å². The Morgan fingerprint density at radius 2 is 2.30 bits per heavy atom. The van der Waals surface area contributed by atoms with Crippen LogP contribution >= 0.6 is 39.0 Å². The van der Waals surface area contributed by atoms with Crippen molar-refractivity contribution in [3.8, 4) is 5.88 Å². The van der Waals surface area contributed by atoms with Gasteiger partial charge in [-0.25, -0.2) is 9.97 Å². The molecule has 0 bridgehead atoms. The summed E-state index contributed by atoms with van der Waals surface area (Å²) >= 11 is 5.90. The highest BCUT2D eigenvalue weighted by molar-refractivity contribution is 9.10. The summed E-state index contributed by atoms with van der Waals surface area (Å²) in [7, 11) is 1.53. The van der Waals surface area contributed by atoms with E-state index in [-0.39, 0.29) is 6.42 Å². The fraction of sp³-hybridized carbons (Fsp3) is 0.273. The predicted octanol–water partition coefficient (Wildman–Crippen LogP) is 2.79. The molecule has 0 aromatic carbocycles. The van der Waals surface area contributed by atoms with Crippen molar-refractivity contribution in [3.63, 3.8) is 0 Å². The SMILES string of the molecule is COc1nc(Sc2nc(C)c(CC(=O)O)s2)ncc1Br. The molecule has 2 aromatic rings. The lowest BCUT2D eigenvalue weighted by Crippen LogP contribution is -1.99. The van der Waals surface area contributed by atoms with Crippen LogP contribution in [-0.2, 0) is 11.2 Å². The Morgan fingerprint density at radius 1 is 1.55 bits per heavy atom. The zero-order chi connectivity index (χ0) is 14.7. The molecular weight excluding hydrogens is 366 g/mol. The minimum atomic E-state index is -0.866. The summed E-state index contributed by atoms with van der Waals surface area (Å²) in [5.41, 5.74) is 0.726. The van der Waals surface area contributed by atoms with E-state index in [0.29, 0.717) is 19.8 Å². The zero-order valence-electron chi connectivity index (χ0n) is 10.6. The lowest BCUT2D eigenvalue weighted by molar-refractivity contribution is -0.136. The molecule has 0 aliphatic carbocycles. The summed E-state index contributed by atoms with van der Waals surface area (Å²) in [5, 5.41) is 9.32. The second kappa shape index (κ2) is 6.51. The van der Waals surface area contributed by atoms with Gasteiger partial charge in [0.25, 0.3) is 0 Å². The molecule has 0 saturated carbocycles. The summed E-state index contributed by atoms with van der Waals surface area (Å²) < 4.78 is 6.48. The van der Waals surface area contributed by atoms with Gasteiger partial charge in [-0.15, -0.1) is 11.3 Å². The Labute approximate surface area is 131 Å². The van der Waals surface area contributed by atoms with Crippen LogP contribution in [0.25, 0.3) is 0 Å². The number of hydrogen-bond acceptors (Lipinski definition) is 7. The van der Waals surface area contributed by atoms with Crippen molar-refractivity contribution >= 4 is 45.0 Å². The molecule has 2 rings (SSSR count). The van der Waals surface area contributed by atoms with Gasteiger partial charge in [-0.1, -0.05) is 0 Å². The van der Waals surface area contributed by atoms with Gasteiger partial charge in [0.15, 0.2) is 9.50 Å². The maximum absolute atomic E-state index is 10.7. The first-order valence-corrected chi connectivity index (χ1v) is 7.84. The maximum atomic E-state index is 10.7. The third-order valence-corrected chi connectivity index (χ3v) is 4.89. The van der Waals surface area contributed by atoms with Crippen molar-refractivity contribution in [2.45, 2.75) is 22.8 Å². The van der Waals surface area contributed by atoms with Gasteiger partial charge in [0.05, 0.1) is 23.7 Å². The van der Waals surface area contributed by atoms with Gasteiger partial charge in [-0.2, -0.15) is 4.98 Å². The lowest BCUT2D eigenvalue weighted by atomic mass is 10.3. The van der Waals surface area contributed by atoms with E-state index in [2.05, 4.69) is 30.9 Å². The molecule has 0 atom stereocenters. The van der Waals surface area contributed by atoms with E-state index in [1.165, 1.54) is 30.2 Å². The summed E-state index contributed by atoms with van der Waals surface area (Å²) in [6.07, 6.45) is 1.58. The number of ether oxygens (including phenoxy) is 1. The van der Waals surface area contributed by atoms with E-state index in [1.807, 2.05) is 0 Å². The first kappa shape index (κ1) is 15.2. The number of aryl methyl sites for hydroxylation is 1. The maximum Gasteiger partial charge on any atom is 0.308 e. The van der Waals surface area contributed by atoms with Crippen LogP contribution in [-0.4, -0.2) is 33.1 Å². The normalized spacial score (nSPS) is 10.6. The average Bonchev–Trinajstić information content (AvgIpc) is 2.71. The van der Waals surface area contributed by atoms with Crippen molar-refractivity contribution in [2.24, 2.45) is 0 Å². The van der Waals surface area contributed by atoms with Crippen LogP contribution in [0.3, 0.4) is 0 Å². The Bertz CT molecular complexity index is 648. The second-order valence-electron chi connectivity index (χ2n) is 3.67. The van der Waals surface area contributed by atoms with E-state index in [9.17, 15) is 4.79 Å². The van der Waals surface area contributed by atoms with Crippen LogP contribution in [0, 0.1) is 6.92 Å². The van der Waals surface area contributed by atoms with Crippen molar-refractivity contribution in [2.75, 3.05) is 7.11 Å². The number of carboxylic acids is 1. The number of aliphatic carboxylic acids is 1. The van der Waals surface area contributed by atoms with E-state index >= 15 is 0 Å². The van der Waals surface area contributed by atoms with Gasteiger partial charge >= 0.3 is 5.97 Å². The molecule has 1 N–H and O–H groups in total. The molecule has 0 fully saturated rings. The molecule has 2 aromatic heterocycles. The molecule has 20 heavy (non-hydrogen) atoms. The second-order valence-corrected chi connectivity index (χ2v) is 6.82. The summed E-state index contributed by atoms with van der Waals surface area (Å²) in [6, 6.07) is 0. The van der Waals surface area contributed by atoms with Crippen molar-refractivity contribution < 1.29 is 14.6 Å². The summed E-state index contributed by atoms with van der Waals surface area (Å²) in [5.74, 6) is -0.420. The molecule has 0 aliphatic heterocycles. The average molecular weight is 376 g/mol. The standard InChI is InChI=1S/C11H10BrN3O3S2/c1-5-7(3-8(16)17)19-11(14-5)20-10-13-4-6(12)9(15-10)18-2/h4H,3H2,1-2H3,(H,16,17). The minimum absolute atomic E-state index is 0.0193. The van der Waals surface area contributed by atoms with Gasteiger partial charge in [0, 0.05) is 11.1 Å². The van der Waals surface area contributed by atoms with Gasteiger partial charge in [0.1, 0.15) is 0 Å². The molecule has 6 nitrogen and oxygen atoms in total. The van der Waals surface area contributed by atoms with Crippen molar-refractivity contribution in [1.29, 1.82) is 0 Å². The Balaban J connectivity index is 2.20. The smallest absolute Gasteiger partial charge is 0.308 e. The summed E-state index contributed by atoms with van der Waals surface area (Å²) in [6.45, 7) is 1.79. The fourth-order valence-corrected chi connectivity index (χ4v) is 3.75. The van der Waals surface area contributed by atoms with Crippen molar-refractivity contribution in [1.82, 2.24) is 15.0 Å². The van der Waals surface area contributed by atoms with Crippen molar-refractivity contribution in [3.05, 3.63) is 21.2 Å². The quantitative estimate of drug-likeness (QED) is 0.803. The first-order valence-electron chi connectivity index (χ1n) is 5.42. The van der Waals surface area contributed by atoms with Gasteiger partial charge in [-0.05, 0) is 34.6 Å². The molecule has 0 saturated heterocycles. The van der Waals surface area contributed by atoms with Crippen LogP contribution in [0.4, 0.5) is 0 Å². The minimum Gasteiger partial charge on any atom is -0.481 e. The first-order chi connectivity index (χ1) is 9.49. The molecule has 9 heteroatoms. The molecule has 2 heterocycles. The van der Waals surface area contributed by atoms with Gasteiger partial charge < -0.3 is 9.84 Å². The number of halogens is 1. The van der Waals surface area contributed by atoms with Crippen LogP contribution < -0.4 is 4.74 Å². The number of methoxy groups -OCH3 is 1. The number of carboxylic acid groups (broad SMARTS) is 1. The van der Waals surface area contributed by atoms with E-state index in [0.717, 1.165) is 10.6 Å². The van der Waals surface area contributed by atoms with Gasteiger partial charge in [0.2, 0.25) is 5.88 Å². The van der Waals surface area contributed by atoms with E-state index in [1.54, 1.807) is 13.1 Å². The van der Waals surface area contributed by atoms with Crippen LogP contribution in [0.15, 0.2) is 20.2 Å². The highest BCUT2D eigenvalue weighted by Crippen LogP contribution is 2.33. The number of nitrogens with zero attached hydrogens (tertiary/aromatic N) is 3. The zero-order valence-corrected chi connectivity index (χ0v) is 13.8. The lowest BCUT2D eigenvalue weighted by Gasteiger charge is -2.02. The molecule has 0 aliphatic rings. The van der Waals surface area contributed by atoms with E-state index < -0.39 is 5.97 Å². The number of aromatic nitrogens is 3. The number of hydrogen-bond donors (Lipinski definition) is 1. The fourth-order valence-electron chi connectivity index (χ4n) is 1.35. The number of carbonyl (C=O) groups is 1.